The zero-order valence-electron chi connectivity index (χ0n) is 16.1. The summed E-state index contributed by atoms with van der Waals surface area (Å²) in [5.74, 6) is 2.04. The molecule has 1 aromatic carbocycles. The van der Waals surface area contributed by atoms with Crippen LogP contribution in [0.15, 0.2) is 41.4 Å². The first kappa shape index (κ1) is 19.9. The molecule has 2 N–H and O–H groups in total. The van der Waals surface area contributed by atoms with E-state index < -0.39 is 7.12 Å². The van der Waals surface area contributed by atoms with Gasteiger partial charge in [-0.05, 0) is 43.2 Å². The van der Waals surface area contributed by atoms with Crippen molar-refractivity contribution in [1.29, 1.82) is 0 Å². The Morgan fingerprint density at radius 3 is 2.62 bits per heavy atom. The summed E-state index contributed by atoms with van der Waals surface area (Å²) in [5, 5.41) is 12.8. The third kappa shape index (κ3) is 4.61. The predicted octanol–water partition coefficient (Wildman–Crippen LogP) is 4.46. The normalized spacial score (nSPS) is 13.4. The van der Waals surface area contributed by atoms with E-state index >= 15 is 0 Å². The largest absolute Gasteiger partial charge is 0.546 e. The molecule has 0 saturated heterocycles. The number of hydrogen-bond acceptors (Lipinski definition) is 7. The molecule has 9 heteroatoms. The van der Waals surface area contributed by atoms with Crippen LogP contribution in [-0.2, 0) is 17.5 Å². The molecule has 1 aliphatic rings. The van der Waals surface area contributed by atoms with Crippen LogP contribution in [0.5, 0.6) is 0 Å². The Morgan fingerprint density at radius 1 is 1.21 bits per heavy atom. The maximum atomic E-state index is 9.40. The lowest BCUT2D eigenvalue weighted by atomic mass is 9.93. The summed E-state index contributed by atoms with van der Waals surface area (Å²) in [6.07, 6.45) is 1.70. The molecule has 148 valence electrons. The molecule has 2 aromatic heterocycles. The lowest BCUT2D eigenvalue weighted by Crippen LogP contribution is -2.18. The van der Waals surface area contributed by atoms with Gasteiger partial charge < -0.3 is 15.0 Å². The predicted molar refractivity (Wildman–Crippen MR) is 119 cm³/mol. The molecular formula is C20H20BClN4O2S. The molecule has 3 heterocycles. The van der Waals surface area contributed by atoms with E-state index in [0.29, 0.717) is 28.9 Å². The van der Waals surface area contributed by atoms with E-state index in [9.17, 15) is 5.02 Å². The molecule has 0 fully saturated rings. The number of benzene rings is 1. The number of nitrogens with zero attached hydrogens (tertiary/aromatic N) is 3. The first-order valence-electron chi connectivity index (χ1n) is 9.39. The highest BCUT2D eigenvalue weighted by molar-refractivity contribution is 7.19. The van der Waals surface area contributed by atoms with Crippen LogP contribution in [0.3, 0.4) is 0 Å². The Morgan fingerprint density at radius 2 is 2.00 bits per heavy atom. The molecule has 3 aromatic rings. The molecule has 4 rings (SSSR count). The summed E-state index contributed by atoms with van der Waals surface area (Å²) >= 11 is 7.54. The molecule has 1 aliphatic heterocycles. The van der Waals surface area contributed by atoms with Gasteiger partial charge in [-0.15, -0.1) is 11.3 Å². The highest BCUT2D eigenvalue weighted by atomic mass is 35.5. The minimum Gasteiger partial charge on any atom is -0.524 e. The van der Waals surface area contributed by atoms with Crippen molar-refractivity contribution in [2.45, 2.75) is 26.7 Å². The summed E-state index contributed by atoms with van der Waals surface area (Å²) in [5.41, 5.74) is 4.04. The third-order valence-corrected chi connectivity index (χ3v) is 5.86. The summed E-state index contributed by atoms with van der Waals surface area (Å²) in [7, 11) is -0.813. The number of hydrogen-bond donors (Lipinski definition) is 2. The molecule has 0 unspecified atom stereocenters. The summed E-state index contributed by atoms with van der Waals surface area (Å²) < 4.78 is 5.97. The molecule has 0 spiro atoms. The lowest BCUT2D eigenvalue weighted by molar-refractivity contribution is 0.422. The fourth-order valence-corrected chi connectivity index (χ4v) is 4.17. The van der Waals surface area contributed by atoms with E-state index in [1.54, 1.807) is 0 Å². The van der Waals surface area contributed by atoms with Crippen molar-refractivity contribution in [2.24, 2.45) is 4.99 Å². The summed E-state index contributed by atoms with van der Waals surface area (Å²) in [6.45, 7) is 4.10. The van der Waals surface area contributed by atoms with Gasteiger partial charge >= 0.3 is 7.12 Å². The van der Waals surface area contributed by atoms with Gasteiger partial charge in [-0.3, -0.25) is 4.99 Å². The average Bonchev–Trinajstić information content (AvgIpc) is 3.31. The Labute approximate surface area is 178 Å². The molecule has 0 radical (unpaired) electrons. The number of aromatic nitrogens is 2. The van der Waals surface area contributed by atoms with Crippen molar-refractivity contribution in [3.63, 3.8) is 0 Å². The number of thiophene rings is 1. The molecule has 0 aliphatic carbocycles. The monoisotopic (exact) mass is 426 g/mol. The molecule has 0 amide bonds. The molecule has 0 bridgehead atoms. The van der Waals surface area contributed by atoms with Crippen LogP contribution in [-0.4, -0.2) is 34.5 Å². The highest BCUT2D eigenvalue weighted by Crippen LogP contribution is 2.31. The molecule has 29 heavy (non-hydrogen) atoms. The minimum atomic E-state index is -0.813. The summed E-state index contributed by atoms with van der Waals surface area (Å²) in [4.78, 5) is 14.5. The van der Waals surface area contributed by atoms with Crippen LogP contribution in [0.1, 0.15) is 23.7 Å². The van der Waals surface area contributed by atoms with Crippen molar-refractivity contribution in [1.82, 2.24) is 9.97 Å². The first-order valence-corrected chi connectivity index (χ1v) is 10.6. The summed E-state index contributed by atoms with van der Waals surface area (Å²) in [6, 6.07) is 11.8. The smallest absolute Gasteiger partial charge is 0.524 e. The van der Waals surface area contributed by atoms with Gasteiger partial charge in [-0.25, -0.2) is 9.97 Å². The Hall–Kier alpha value is -2.42. The van der Waals surface area contributed by atoms with Gasteiger partial charge in [0.25, 0.3) is 0 Å². The van der Waals surface area contributed by atoms with Crippen LogP contribution < -0.4 is 5.32 Å². The Balaban J connectivity index is 1.55. The topological polar surface area (TPSA) is 79.6 Å². The fraction of sp³-hybridized carbons (Fsp3) is 0.250. The second-order valence-electron chi connectivity index (χ2n) is 6.72. The number of aliphatic imine (C=N–C) groups is 1. The van der Waals surface area contributed by atoms with Gasteiger partial charge in [0.05, 0.1) is 15.7 Å². The average molecular weight is 427 g/mol. The first-order chi connectivity index (χ1) is 14.0. The number of anilines is 2. The van der Waals surface area contributed by atoms with Crippen molar-refractivity contribution in [3.8, 4) is 10.7 Å². The third-order valence-electron chi connectivity index (χ3n) is 4.63. The van der Waals surface area contributed by atoms with Crippen molar-refractivity contribution in [3.05, 3.63) is 57.6 Å². The standard InChI is InChI=1S/C20H20BClN4O2S/c1-3-15-12(2)24-20(16-8-9-17(22)29-16)26-19(15)25-14-6-4-13(5-7-14)10-18-23-11-21(27)28-18/h4-9,27H,3,10-11H2,1-2H3,(H,24,25,26). The molecule has 0 atom stereocenters. The SMILES string of the molecule is CCc1c(C)nc(-c2ccc(Cl)s2)nc1Nc1ccc(CC2=NCB(O)O2)cc1. The van der Waals surface area contributed by atoms with Crippen LogP contribution in [0.25, 0.3) is 10.7 Å². The van der Waals surface area contributed by atoms with Crippen molar-refractivity contribution < 1.29 is 9.68 Å². The molecule has 0 saturated carbocycles. The van der Waals surface area contributed by atoms with Gasteiger partial charge in [0.15, 0.2) is 11.7 Å². The Kier molecular flexibility index (Phi) is 5.85. The second-order valence-corrected chi connectivity index (χ2v) is 8.44. The van der Waals surface area contributed by atoms with Gasteiger partial charge in [0.1, 0.15) is 5.82 Å². The number of rotatable bonds is 6. The molecular weight excluding hydrogens is 407 g/mol. The van der Waals surface area contributed by atoms with Crippen molar-refractivity contribution >= 4 is 47.5 Å². The zero-order chi connectivity index (χ0) is 20.4. The number of aryl methyl sites for hydroxylation is 1. The fourth-order valence-electron chi connectivity index (χ4n) is 3.19. The van der Waals surface area contributed by atoms with E-state index in [0.717, 1.165) is 39.6 Å². The minimum absolute atomic E-state index is 0.305. The van der Waals surface area contributed by atoms with Crippen LogP contribution >= 0.6 is 22.9 Å². The van der Waals surface area contributed by atoms with Gasteiger partial charge in [0.2, 0.25) is 0 Å². The zero-order valence-corrected chi connectivity index (χ0v) is 17.7. The van der Waals surface area contributed by atoms with Crippen LogP contribution in [0.2, 0.25) is 4.34 Å². The van der Waals surface area contributed by atoms with Crippen molar-refractivity contribution in [2.75, 3.05) is 11.8 Å². The highest BCUT2D eigenvalue weighted by Gasteiger charge is 2.23. The lowest BCUT2D eigenvalue weighted by Gasteiger charge is -2.14. The quantitative estimate of drug-likeness (QED) is 0.569. The Bertz CT molecular complexity index is 1060. The second kappa shape index (κ2) is 8.53. The van der Waals surface area contributed by atoms with E-state index in [1.165, 1.54) is 11.3 Å². The van der Waals surface area contributed by atoms with E-state index in [1.807, 2.05) is 43.3 Å². The van der Waals surface area contributed by atoms with Crippen LogP contribution in [0, 0.1) is 6.92 Å². The van der Waals surface area contributed by atoms with E-state index in [4.69, 9.17) is 21.2 Å². The van der Waals surface area contributed by atoms with Crippen LogP contribution in [0.4, 0.5) is 11.5 Å². The van der Waals surface area contributed by atoms with Gasteiger partial charge in [-0.1, -0.05) is 30.7 Å². The molecule has 6 nitrogen and oxygen atoms in total. The maximum absolute atomic E-state index is 9.40. The number of halogens is 1. The van der Waals surface area contributed by atoms with E-state index in [-0.39, 0.29) is 0 Å². The van der Waals surface area contributed by atoms with E-state index in [2.05, 4.69) is 22.2 Å². The number of nitrogens with one attached hydrogen (secondary N) is 1. The van der Waals surface area contributed by atoms with Gasteiger partial charge in [-0.2, -0.15) is 0 Å². The van der Waals surface area contributed by atoms with Gasteiger partial charge in [0, 0.05) is 23.4 Å². The maximum Gasteiger partial charge on any atom is 0.546 e.